The number of carbonyl (C=O) groups excluding carboxylic acids is 1. The molecular formula is C22H21ClN2O4. The highest BCUT2D eigenvalue weighted by Crippen LogP contribution is 2.18. The van der Waals surface area contributed by atoms with Crippen LogP contribution in [-0.2, 0) is 25.8 Å². The average molecular weight is 413 g/mol. The zero-order chi connectivity index (χ0) is 21.2. The number of oxime groups is 2. The Morgan fingerprint density at radius 3 is 2.55 bits per heavy atom. The van der Waals surface area contributed by atoms with E-state index in [-0.39, 0.29) is 12.3 Å². The molecule has 0 atom stereocenters. The molecule has 2 rings (SSSR count). The van der Waals surface area contributed by atoms with E-state index in [2.05, 4.69) is 22.2 Å². The molecule has 0 radical (unpaired) electrons. The molecule has 0 amide bonds. The second kappa shape index (κ2) is 10.9. The molecule has 2 aromatic rings. The summed E-state index contributed by atoms with van der Waals surface area (Å²) in [7, 11) is 2.64. The van der Waals surface area contributed by atoms with E-state index in [1.54, 1.807) is 19.1 Å². The van der Waals surface area contributed by atoms with Gasteiger partial charge in [-0.2, -0.15) is 0 Å². The molecular weight excluding hydrogens is 392 g/mol. The van der Waals surface area contributed by atoms with Crippen LogP contribution in [0.4, 0.5) is 0 Å². The van der Waals surface area contributed by atoms with E-state index in [4.69, 9.17) is 26.0 Å². The van der Waals surface area contributed by atoms with Crippen molar-refractivity contribution in [2.24, 2.45) is 10.3 Å². The molecule has 0 fully saturated rings. The van der Waals surface area contributed by atoms with Gasteiger partial charge in [0.1, 0.15) is 19.4 Å². The molecule has 7 heteroatoms. The quantitative estimate of drug-likeness (QED) is 0.310. The van der Waals surface area contributed by atoms with E-state index in [9.17, 15) is 4.79 Å². The van der Waals surface area contributed by atoms with Gasteiger partial charge in [-0.25, -0.2) is 4.79 Å². The van der Waals surface area contributed by atoms with Crippen LogP contribution in [-0.4, -0.2) is 31.6 Å². The van der Waals surface area contributed by atoms with Gasteiger partial charge in [-0.05, 0) is 37.5 Å². The van der Waals surface area contributed by atoms with Gasteiger partial charge in [0.05, 0.1) is 12.1 Å². The second-order valence-electron chi connectivity index (χ2n) is 5.90. The topological polar surface area (TPSA) is 69.5 Å². The minimum absolute atomic E-state index is 0.0523. The molecule has 0 N–H and O–H groups in total. The Hall–Kier alpha value is -3.30. The third-order valence-corrected chi connectivity index (χ3v) is 4.22. The van der Waals surface area contributed by atoms with Gasteiger partial charge in [-0.3, -0.25) is 0 Å². The van der Waals surface area contributed by atoms with Crippen molar-refractivity contribution in [1.82, 2.24) is 0 Å². The van der Waals surface area contributed by atoms with E-state index < -0.39 is 5.97 Å². The summed E-state index contributed by atoms with van der Waals surface area (Å²) >= 11 is 6.09. The van der Waals surface area contributed by atoms with Crippen LogP contribution >= 0.6 is 11.6 Å². The third-order valence-electron chi connectivity index (χ3n) is 3.89. The maximum absolute atomic E-state index is 12.1. The highest BCUT2D eigenvalue weighted by Gasteiger charge is 2.20. The van der Waals surface area contributed by atoms with Crippen LogP contribution in [0.1, 0.15) is 29.2 Å². The van der Waals surface area contributed by atoms with Crippen LogP contribution in [0.25, 0.3) is 0 Å². The van der Waals surface area contributed by atoms with E-state index in [1.165, 1.54) is 14.2 Å². The zero-order valence-electron chi connectivity index (χ0n) is 16.7. The molecule has 6 nitrogen and oxygen atoms in total. The van der Waals surface area contributed by atoms with Gasteiger partial charge < -0.3 is 14.4 Å². The average Bonchev–Trinajstić information content (AvgIpc) is 2.72. The normalized spacial score (nSPS) is 11.3. The molecule has 0 aromatic heterocycles. The maximum atomic E-state index is 12.1. The van der Waals surface area contributed by atoms with E-state index in [0.717, 1.165) is 11.1 Å². The number of esters is 1. The first-order chi connectivity index (χ1) is 14.0. The van der Waals surface area contributed by atoms with Crippen molar-refractivity contribution in [2.75, 3.05) is 14.2 Å². The lowest BCUT2D eigenvalue weighted by Crippen LogP contribution is -2.20. The van der Waals surface area contributed by atoms with E-state index in [0.29, 0.717) is 21.9 Å². The maximum Gasteiger partial charge on any atom is 0.360 e. The number of aryl methyl sites for hydroxylation is 1. The minimum atomic E-state index is -0.607. The molecule has 0 unspecified atom stereocenters. The van der Waals surface area contributed by atoms with Crippen molar-refractivity contribution in [3.63, 3.8) is 0 Å². The number of methoxy groups -OCH3 is 1. The van der Waals surface area contributed by atoms with Crippen molar-refractivity contribution in [3.05, 3.63) is 69.7 Å². The highest BCUT2D eigenvalue weighted by atomic mass is 35.5. The van der Waals surface area contributed by atoms with Crippen LogP contribution in [0.5, 0.6) is 0 Å². The van der Waals surface area contributed by atoms with Crippen molar-refractivity contribution < 1.29 is 19.2 Å². The first-order valence-electron chi connectivity index (χ1n) is 8.69. The molecule has 0 spiro atoms. The summed E-state index contributed by atoms with van der Waals surface area (Å²) in [6.45, 7) is 3.75. The lowest BCUT2D eigenvalue weighted by Gasteiger charge is -2.12. The van der Waals surface area contributed by atoms with Crippen LogP contribution in [0.3, 0.4) is 0 Å². The molecule has 2 aromatic carbocycles. The van der Waals surface area contributed by atoms with E-state index in [1.807, 2.05) is 37.3 Å². The Bertz CT molecular complexity index is 1000. The molecule has 0 aliphatic heterocycles. The molecule has 0 heterocycles. The first-order valence-corrected chi connectivity index (χ1v) is 9.07. The number of hydrogen-bond acceptors (Lipinski definition) is 6. The monoisotopic (exact) mass is 412 g/mol. The standard InChI is InChI=1S/C22H21ClN2O4/c1-15-8-7-10-18(21(25-28-4)22(26)27-3)19(15)14-29-24-16(2)12-13-17-9-5-6-11-20(17)23/h5-11H,14H2,1-4H3/b24-16+,25-21+. The van der Waals surface area contributed by atoms with Crippen molar-refractivity contribution in [2.45, 2.75) is 20.5 Å². The van der Waals surface area contributed by atoms with Gasteiger partial charge in [0, 0.05) is 16.7 Å². The van der Waals surface area contributed by atoms with Gasteiger partial charge in [0.25, 0.3) is 0 Å². The number of benzene rings is 2. The molecule has 0 aliphatic carbocycles. The fourth-order valence-electron chi connectivity index (χ4n) is 2.44. The summed E-state index contributed by atoms with van der Waals surface area (Å²) in [5, 5.41) is 8.40. The Morgan fingerprint density at radius 2 is 1.86 bits per heavy atom. The summed E-state index contributed by atoms with van der Waals surface area (Å²) in [5.74, 6) is 5.24. The molecule has 0 saturated carbocycles. The molecule has 0 bridgehead atoms. The zero-order valence-corrected chi connectivity index (χ0v) is 17.4. The van der Waals surface area contributed by atoms with E-state index >= 15 is 0 Å². The Balaban J connectivity index is 2.21. The molecule has 0 aliphatic rings. The molecule has 150 valence electrons. The molecule has 0 saturated heterocycles. The number of nitrogens with zero attached hydrogens (tertiary/aromatic N) is 2. The molecule has 29 heavy (non-hydrogen) atoms. The van der Waals surface area contributed by atoms with Crippen molar-refractivity contribution in [1.29, 1.82) is 0 Å². The fourth-order valence-corrected chi connectivity index (χ4v) is 2.62. The number of ether oxygens (including phenoxy) is 1. The van der Waals surface area contributed by atoms with Crippen LogP contribution in [0.2, 0.25) is 5.02 Å². The van der Waals surface area contributed by atoms with Gasteiger partial charge in [0.15, 0.2) is 5.71 Å². The van der Waals surface area contributed by atoms with Gasteiger partial charge in [0.2, 0.25) is 0 Å². The Morgan fingerprint density at radius 1 is 1.10 bits per heavy atom. The van der Waals surface area contributed by atoms with Crippen LogP contribution in [0.15, 0.2) is 52.8 Å². The van der Waals surface area contributed by atoms with Crippen LogP contribution < -0.4 is 0 Å². The SMILES string of the molecule is CO/N=C(/C(=O)OC)c1cccc(C)c1CO/N=C(\C)C#Cc1ccccc1Cl. The summed E-state index contributed by atoms with van der Waals surface area (Å²) < 4.78 is 4.79. The highest BCUT2D eigenvalue weighted by molar-refractivity contribution is 6.43. The number of rotatable bonds is 6. The first kappa shape index (κ1) is 22.0. The second-order valence-corrected chi connectivity index (χ2v) is 6.30. The van der Waals surface area contributed by atoms with Gasteiger partial charge in [-0.15, -0.1) is 0 Å². The number of carbonyl (C=O) groups is 1. The van der Waals surface area contributed by atoms with Crippen LogP contribution in [0, 0.1) is 18.8 Å². The Labute approximate surface area is 175 Å². The predicted molar refractivity (Wildman–Crippen MR) is 113 cm³/mol. The largest absolute Gasteiger partial charge is 0.464 e. The third kappa shape index (κ3) is 6.09. The number of hydrogen-bond donors (Lipinski definition) is 0. The fraction of sp³-hybridized carbons (Fsp3) is 0.227. The minimum Gasteiger partial charge on any atom is -0.464 e. The van der Waals surface area contributed by atoms with Gasteiger partial charge in [-0.1, -0.05) is 58.2 Å². The predicted octanol–water partition coefficient (Wildman–Crippen LogP) is 4.12. The van der Waals surface area contributed by atoms with Gasteiger partial charge >= 0.3 is 5.97 Å². The Kier molecular flexibility index (Phi) is 8.26. The summed E-state index contributed by atoms with van der Waals surface area (Å²) in [4.78, 5) is 22.3. The summed E-state index contributed by atoms with van der Waals surface area (Å²) in [6.07, 6.45) is 0. The van der Waals surface area contributed by atoms with Crippen molar-refractivity contribution in [3.8, 4) is 11.8 Å². The lowest BCUT2D eigenvalue weighted by molar-refractivity contribution is -0.132. The smallest absolute Gasteiger partial charge is 0.360 e. The van der Waals surface area contributed by atoms with Crippen molar-refractivity contribution >= 4 is 29.0 Å². The lowest BCUT2D eigenvalue weighted by atomic mass is 9.99. The summed E-state index contributed by atoms with van der Waals surface area (Å²) in [6, 6.07) is 12.8. The summed E-state index contributed by atoms with van der Waals surface area (Å²) in [5.41, 5.74) is 3.45. The number of halogens is 1.